The zero-order valence-corrected chi connectivity index (χ0v) is 14.1. The van der Waals surface area contributed by atoms with Gasteiger partial charge in [0.2, 0.25) is 10.0 Å². The van der Waals surface area contributed by atoms with Crippen molar-refractivity contribution in [3.05, 3.63) is 47.4 Å². The van der Waals surface area contributed by atoms with Crippen molar-refractivity contribution in [1.82, 2.24) is 9.78 Å². The lowest BCUT2D eigenvalue weighted by Crippen LogP contribution is -2.23. The van der Waals surface area contributed by atoms with Gasteiger partial charge in [-0.25, -0.2) is 12.8 Å². The van der Waals surface area contributed by atoms with Crippen LogP contribution < -0.4 is 4.72 Å². The Morgan fingerprint density at radius 1 is 1.35 bits per heavy atom. The van der Waals surface area contributed by atoms with Crippen LogP contribution in [0, 0.1) is 5.82 Å². The summed E-state index contributed by atoms with van der Waals surface area (Å²) < 4.78 is 46.9. The molecular weight excluding hydrogens is 321 g/mol. The predicted molar refractivity (Wildman–Crippen MR) is 86.1 cm³/mol. The first-order chi connectivity index (χ1) is 10.8. The first kappa shape index (κ1) is 17.4. The summed E-state index contributed by atoms with van der Waals surface area (Å²) >= 11 is 0. The molecule has 0 aliphatic heterocycles. The van der Waals surface area contributed by atoms with E-state index in [1.807, 2.05) is 6.92 Å². The van der Waals surface area contributed by atoms with E-state index in [2.05, 4.69) is 9.82 Å². The number of aromatic nitrogens is 2. The van der Waals surface area contributed by atoms with Gasteiger partial charge in [-0.15, -0.1) is 0 Å². The molecule has 0 saturated heterocycles. The number of methoxy groups -OCH3 is 1. The Bertz CT molecular complexity index is 757. The molecule has 23 heavy (non-hydrogen) atoms. The van der Waals surface area contributed by atoms with Crippen molar-refractivity contribution in [2.45, 2.75) is 19.4 Å². The summed E-state index contributed by atoms with van der Waals surface area (Å²) in [4.78, 5) is 0. The molecule has 0 saturated carbocycles. The summed E-state index contributed by atoms with van der Waals surface area (Å²) in [6.45, 7) is 1.94. The van der Waals surface area contributed by atoms with Gasteiger partial charge in [0.15, 0.2) is 0 Å². The number of benzene rings is 1. The fraction of sp³-hybridized carbons (Fsp3) is 0.400. The Balaban J connectivity index is 2.15. The second-order valence-corrected chi connectivity index (χ2v) is 6.92. The molecule has 1 heterocycles. The van der Waals surface area contributed by atoms with Crippen molar-refractivity contribution in [1.29, 1.82) is 0 Å². The van der Waals surface area contributed by atoms with Gasteiger partial charge in [-0.05, 0) is 24.1 Å². The third-order valence-electron chi connectivity index (χ3n) is 3.45. The van der Waals surface area contributed by atoms with Gasteiger partial charge in [-0.3, -0.25) is 9.40 Å². The molecule has 6 nitrogen and oxygen atoms in total. The molecule has 2 rings (SSSR count). The van der Waals surface area contributed by atoms with E-state index in [1.165, 1.54) is 36.1 Å². The standard InChI is InChI=1S/C15H20FN3O3S/c1-4-13-9-15(19(2)17-13)18-23(20,21)10-14(22-3)11-5-7-12(16)8-6-11/h5-9,14,18H,4,10H2,1-3H3. The zero-order valence-electron chi connectivity index (χ0n) is 13.3. The molecule has 0 aliphatic rings. The Kier molecular flexibility index (Phi) is 5.38. The summed E-state index contributed by atoms with van der Waals surface area (Å²) in [5.74, 6) is -0.260. The van der Waals surface area contributed by atoms with Crippen LogP contribution in [0.2, 0.25) is 0 Å². The number of rotatable bonds is 7. The van der Waals surface area contributed by atoms with Crippen LogP contribution in [-0.2, 0) is 28.2 Å². The monoisotopic (exact) mass is 341 g/mol. The van der Waals surface area contributed by atoms with Crippen LogP contribution in [0.25, 0.3) is 0 Å². The smallest absolute Gasteiger partial charge is 0.236 e. The third kappa shape index (κ3) is 4.52. The van der Waals surface area contributed by atoms with Crippen LogP contribution in [0.1, 0.15) is 24.3 Å². The van der Waals surface area contributed by atoms with Crippen LogP contribution in [0.3, 0.4) is 0 Å². The third-order valence-corrected chi connectivity index (χ3v) is 4.71. The molecule has 0 spiro atoms. The highest BCUT2D eigenvalue weighted by Gasteiger charge is 2.22. The number of hydrogen-bond donors (Lipinski definition) is 1. The van der Waals surface area contributed by atoms with E-state index < -0.39 is 16.1 Å². The minimum absolute atomic E-state index is 0.276. The highest BCUT2D eigenvalue weighted by atomic mass is 32.2. The molecular formula is C15H20FN3O3S. The molecule has 126 valence electrons. The van der Waals surface area contributed by atoms with Gasteiger partial charge < -0.3 is 4.74 Å². The molecule has 1 atom stereocenters. The highest BCUT2D eigenvalue weighted by Crippen LogP contribution is 2.21. The van der Waals surface area contributed by atoms with Crippen molar-refractivity contribution < 1.29 is 17.5 Å². The molecule has 0 bridgehead atoms. The van der Waals surface area contributed by atoms with Gasteiger partial charge in [-0.1, -0.05) is 19.1 Å². The van der Waals surface area contributed by atoms with Gasteiger partial charge in [0.25, 0.3) is 0 Å². The minimum atomic E-state index is -3.65. The van der Waals surface area contributed by atoms with Crippen molar-refractivity contribution in [3.63, 3.8) is 0 Å². The minimum Gasteiger partial charge on any atom is -0.376 e. The Morgan fingerprint density at radius 3 is 2.52 bits per heavy atom. The quantitative estimate of drug-likeness (QED) is 0.838. The van der Waals surface area contributed by atoms with E-state index in [1.54, 1.807) is 13.1 Å². The molecule has 1 aromatic heterocycles. The lowest BCUT2D eigenvalue weighted by atomic mass is 10.1. The molecule has 0 amide bonds. The number of nitrogens with one attached hydrogen (secondary N) is 1. The van der Waals surface area contributed by atoms with Crippen molar-refractivity contribution in [2.75, 3.05) is 17.6 Å². The molecule has 1 aromatic carbocycles. The first-order valence-electron chi connectivity index (χ1n) is 7.16. The zero-order chi connectivity index (χ0) is 17.0. The summed E-state index contributed by atoms with van der Waals surface area (Å²) in [6.07, 6.45) is 0.0261. The Hall–Kier alpha value is -1.93. The van der Waals surface area contributed by atoms with Gasteiger partial charge in [-0.2, -0.15) is 5.10 Å². The predicted octanol–water partition coefficient (Wildman–Crippen LogP) is 2.25. The van der Waals surface area contributed by atoms with E-state index in [4.69, 9.17) is 4.74 Å². The summed E-state index contributed by atoms with van der Waals surface area (Å²) in [7, 11) is -0.560. The van der Waals surface area contributed by atoms with Gasteiger partial charge in [0, 0.05) is 20.2 Å². The average Bonchev–Trinajstić information content (AvgIpc) is 2.85. The second kappa shape index (κ2) is 7.10. The molecule has 2 aromatic rings. The SMILES string of the molecule is CCc1cc(NS(=O)(=O)CC(OC)c2ccc(F)cc2)n(C)n1. The number of hydrogen-bond acceptors (Lipinski definition) is 4. The van der Waals surface area contributed by atoms with Crippen LogP contribution in [0.5, 0.6) is 0 Å². The van der Waals surface area contributed by atoms with Crippen LogP contribution in [0.4, 0.5) is 10.2 Å². The van der Waals surface area contributed by atoms with Crippen molar-refractivity contribution >= 4 is 15.8 Å². The molecule has 0 aliphatic carbocycles. The Labute approximate surface area is 135 Å². The van der Waals surface area contributed by atoms with Gasteiger partial charge in [0.05, 0.1) is 17.6 Å². The summed E-state index contributed by atoms with van der Waals surface area (Å²) in [5, 5.41) is 4.20. The number of nitrogens with zero attached hydrogens (tertiary/aromatic N) is 2. The maximum atomic E-state index is 13.0. The number of aryl methyl sites for hydroxylation is 2. The molecule has 1 N–H and O–H groups in total. The number of halogens is 1. The normalized spacial score (nSPS) is 13.0. The fourth-order valence-corrected chi connectivity index (χ4v) is 3.49. The maximum absolute atomic E-state index is 13.0. The molecule has 1 unspecified atom stereocenters. The lowest BCUT2D eigenvalue weighted by molar-refractivity contribution is 0.122. The Morgan fingerprint density at radius 2 is 2.00 bits per heavy atom. The van der Waals surface area contributed by atoms with E-state index >= 15 is 0 Å². The largest absolute Gasteiger partial charge is 0.376 e. The van der Waals surface area contributed by atoms with Crippen LogP contribution in [-0.4, -0.2) is 31.1 Å². The first-order valence-corrected chi connectivity index (χ1v) is 8.81. The van der Waals surface area contributed by atoms with Gasteiger partial charge in [0.1, 0.15) is 11.6 Å². The molecule has 0 radical (unpaired) electrons. The fourth-order valence-electron chi connectivity index (χ4n) is 2.17. The number of sulfonamides is 1. The van der Waals surface area contributed by atoms with E-state index in [9.17, 15) is 12.8 Å². The number of anilines is 1. The topological polar surface area (TPSA) is 73.2 Å². The van der Waals surface area contributed by atoms with E-state index in [-0.39, 0.29) is 11.6 Å². The maximum Gasteiger partial charge on any atom is 0.236 e. The van der Waals surface area contributed by atoms with E-state index in [0.29, 0.717) is 17.8 Å². The van der Waals surface area contributed by atoms with Gasteiger partial charge >= 0.3 is 0 Å². The van der Waals surface area contributed by atoms with Crippen LogP contribution in [0.15, 0.2) is 30.3 Å². The molecule has 0 fully saturated rings. The number of ether oxygens (including phenoxy) is 1. The molecule has 8 heteroatoms. The van der Waals surface area contributed by atoms with Crippen molar-refractivity contribution in [2.24, 2.45) is 7.05 Å². The van der Waals surface area contributed by atoms with E-state index in [0.717, 1.165) is 5.69 Å². The van der Waals surface area contributed by atoms with Crippen molar-refractivity contribution in [3.8, 4) is 0 Å². The van der Waals surface area contributed by atoms with Crippen LogP contribution >= 0.6 is 0 Å². The average molecular weight is 341 g/mol. The lowest BCUT2D eigenvalue weighted by Gasteiger charge is -2.16. The summed E-state index contributed by atoms with van der Waals surface area (Å²) in [5.41, 5.74) is 1.39. The second-order valence-electron chi connectivity index (χ2n) is 5.16. The summed E-state index contributed by atoms with van der Waals surface area (Å²) in [6, 6.07) is 7.26. The highest BCUT2D eigenvalue weighted by molar-refractivity contribution is 7.92.